The zero-order chi connectivity index (χ0) is 13.9. The molecule has 1 amide bonds. The molecule has 1 aromatic rings. The monoisotopic (exact) mass is 272 g/mol. The Hall–Kier alpha value is -1.72. The summed E-state index contributed by atoms with van der Waals surface area (Å²) in [4.78, 5) is 11.5. The van der Waals surface area contributed by atoms with Crippen molar-refractivity contribution in [3.63, 3.8) is 0 Å². The molecule has 0 unspecified atom stereocenters. The van der Waals surface area contributed by atoms with E-state index in [4.69, 9.17) is 0 Å². The number of hydrogen-bond acceptors (Lipinski definition) is 2. The van der Waals surface area contributed by atoms with Gasteiger partial charge in [-0.15, -0.1) is 0 Å². The third-order valence-electron chi connectivity index (χ3n) is 3.00. The molecule has 0 fully saturated rings. The number of amides is 1. The normalized spacial score (nSPS) is 14.5. The summed E-state index contributed by atoms with van der Waals surface area (Å²) in [5.74, 6) is -0.601. The first-order valence-corrected chi connectivity index (χ1v) is 6.18. The summed E-state index contributed by atoms with van der Waals surface area (Å²) in [6, 6.07) is 5.40. The molecule has 0 bridgehead atoms. The average Bonchev–Trinajstić information content (AvgIpc) is 2.36. The van der Waals surface area contributed by atoms with Crippen molar-refractivity contribution in [2.45, 2.75) is 31.9 Å². The molecular weight excluding hydrogens is 257 g/mol. The Labute approximate surface area is 109 Å². The highest BCUT2D eigenvalue weighted by atomic mass is 19.4. The van der Waals surface area contributed by atoms with Crippen molar-refractivity contribution in [2.24, 2.45) is 0 Å². The van der Waals surface area contributed by atoms with E-state index in [0.29, 0.717) is 5.69 Å². The van der Waals surface area contributed by atoms with E-state index in [9.17, 15) is 18.0 Å². The van der Waals surface area contributed by atoms with Crippen molar-refractivity contribution in [1.29, 1.82) is 0 Å². The molecule has 6 heteroatoms. The fourth-order valence-corrected chi connectivity index (χ4v) is 2.10. The number of hydrogen-bond donors (Lipinski definition) is 2. The summed E-state index contributed by atoms with van der Waals surface area (Å²) >= 11 is 0. The molecule has 1 aromatic carbocycles. The molecule has 1 aliphatic heterocycles. The molecule has 0 saturated carbocycles. The van der Waals surface area contributed by atoms with E-state index in [1.807, 2.05) is 6.07 Å². The Balaban J connectivity index is 2.01. The van der Waals surface area contributed by atoms with Crippen LogP contribution in [0.4, 0.5) is 24.5 Å². The highest BCUT2D eigenvalue weighted by Crippen LogP contribution is 2.29. The maximum atomic E-state index is 12.0. The number of anilines is 2. The lowest BCUT2D eigenvalue weighted by molar-refractivity contribution is -0.142. The summed E-state index contributed by atoms with van der Waals surface area (Å²) < 4.78 is 36.1. The van der Waals surface area contributed by atoms with Gasteiger partial charge in [0.05, 0.1) is 6.42 Å². The first-order valence-electron chi connectivity index (χ1n) is 6.18. The van der Waals surface area contributed by atoms with Crippen molar-refractivity contribution >= 4 is 17.3 Å². The molecule has 0 radical (unpaired) electrons. The van der Waals surface area contributed by atoms with Gasteiger partial charge in [0.15, 0.2) is 0 Å². The van der Waals surface area contributed by atoms with Crippen LogP contribution in [0.15, 0.2) is 18.2 Å². The number of halogens is 3. The number of nitrogens with one attached hydrogen (secondary N) is 2. The van der Waals surface area contributed by atoms with Crippen molar-refractivity contribution in [3.05, 3.63) is 23.8 Å². The maximum absolute atomic E-state index is 12.0. The van der Waals surface area contributed by atoms with E-state index in [-0.39, 0.29) is 0 Å². The molecule has 0 saturated heterocycles. The molecular formula is C13H15F3N2O. The second kappa shape index (κ2) is 5.50. The van der Waals surface area contributed by atoms with Gasteiger partial charge in [-0.25, -0.2) is 0 Å². The number of fused-ring (bicyclic) bond motifs is 1. The number of rotatable bonds is 3. The van der Waals surface area contributed by atoms with Crippen molar-refractivity contribution in [3.8, 4) is 0 Å². The second-order valence-electron chi connectivity index (χ2n) is 4.53. The van der Waals surface area contributed by atoms with Crippen molar-refractivity contribution < 1.29 is 18.0 Å². The zero-order valence-electron chi connectivity index (χ0n) is 10.3. The Bertz CT molecular complexity index is 471. The van der Waals surface area contributed by atoms with Crippen LogP contribution < -0.4 is 10.6 Å². The molecule has 1 heterocycles. The highest BCUT2D eigenvalue weighted by molar-refractivity contribution is 5.92. The van der Waals surface area contributed by atoms with E-state index >= 15 is 0 Å². The minimum atomic E-state index is -4.30. The van der Waals surface area contributed by atoms with Crippen LogP contribution >= 0.6 is 0 Å². The van der Waals surface area contributed by atoms with Crippen LogP contribution in [0.25, 0.3) is 0 Å². The first kappa shape index (κ1) is 13.7. The summed E-state index contributed by atoms with van der Waals surface area (Å²) in [7, 11) is 0. The van der Waals surface area contributed by atoms with Gasteiger partial charge in [0, 0.05) is 24.3 Å². The lowest BCUT2D eigenvalue weighted by Gasteiger charge is -2.21. The van der Waals surface area contributed by atoms with E-state index in [1.54, 1.807) is 12.1 Å². The molecule has 0 atom stereocenters. The SMILES string of the molecule is O=C(CCC(F)(F)F)Nc1cccc2c1CCCN2. The second-order valence-corrected chi connectivity index (χ2v) is 4.53. The van der Waals surface area contributed by atoms with Crippen molar-refractivity contribution in [1.82, 2.24) is 0 Å². The molecule has 2 rings (SSSR count). The highest BCUT2D eigenvalue weighted by Gasteiger charge is 2.28. The fraction of sp³-hybridized carbons (Fsp3) is 0.462. The minimum Gasteiger partial charge on any atom is -0.385 e. The Morgan fingerprint density at radius 2 is 2.16 bits per heavy atom. The van der Waals surface area contributed by atoms with Gasteiger partial charge in [0.25, 0.3) is 0 Å². The average molecular weight is 272 g/mol. The Morgan fingerprint density at radius 3 is 2.89 bits per heavy atom. The Morgan fingerprint density at radius 1 is 1.37 bits per heavy atom. The molecule has 3 nitrogen and oxygen atoms in total. The summed E-state index contributed by atoms with van der Waals surface area (Å²) in [5, 5.41) is 5.76. The molecule has 1 aliphatic rings. The molecule has 0 aromatic heterocycles. The van der Waals surface area contributed by atoms with Crippen molar-refractivity contribution in [2.75, 3.05) is 17.2 Å². The Kier molecular flexibility index (Phi) is 3.97. The van der Waals surface area contributed by atoms with Gasteiger partial charge in [-0.1, -0.05) is 6.07 Å². The van der Waals surface area contributed by atoms with Gasteiger partial charge < -0.3 is 10.6 Å². The summed E-state index contributed by atoms with van der Waals surface area (Å²) in [6.07, 6.45) is -4.16. The lowest BCUT2D eigenvalue weighted by Crippen LogP contribution is -2.19. The molecule has 2 N–H and O–H groups in total. The summed E-state index contributed by atoms with van der Waals surface area (Å²) in [6.45, 7) is 0.873. The van der Waals surface area contributed by atoms with E-state index in [0.717, 1.165) is 30.6 Å². The van der Waals surface area contributed by atoms with Crippen LogP contribution in [0.1, 0.15) is 24.8 Å². The quantitative estimate of drug-likeness (QED) is 0.886. The lowest BCUT2D eigenvalue weighted by atomic mass is 10.0. The molecule has 19 heavy (non-hydrogen) atoms. The maximum Gasteiger partial charge on any atom is 0.389 e. The number of carbonyl (C=O) groups is 1. The van der Waals surface area contributed by atoms with Crippen LogP contribution in [0.3, 0.4) is 0 Å². The van der Waals surface area contributed by atoms with Gasteiger partial charge in [-0.05, 0) is 30.5 Å². The van der Waals surface area contributed by atoms with E-state index in [2.05, 4.69) is 10.6 Å². The number of carbonyl (C=O) groups excluding carboxylic acids is 1. The third kappa shape index (κ3) is 3.87. The number of alkyl halides is 3. The number of benzene rings is 1. The van der Waals surface area contributed by atoms with Crippen LogP contribution in [0, 0.1) is 0 Å². The van der Waals surface area contributed by atoms with Gasteiger partial charge in [-0.3, -0.25) is 4.79 Å². The van der Waals surface area contributed by atoms with E-state index in [1.165, 1.54) is 0 Å². The molecule has 104 valence electrons. The third-order valence-corrected chi connectivity index (χ3v) is 3.00. The van der Waals surface area contributed by atoms with Gasteiger partial charge in [-0.2, -0.15) is 13.2 Å². The minimum absolute atomic E-state index is 0.541. The van der Waals surface area contributed by atoms with Crippen LogP contribution in [0.5, 0.6) is 0 Å². The zero-order valence-corrected chi connectivity index (χ0v) is 10.3. The van der Waals surface area contributed by atoms with Gasteiger partial charge in [0.2, 0.25) is 5.91 Å². The van der Waals surface area contributed by atoms with E-state index < -0.39 is 24.9 Å². The van der Waals surface area contributed by atoms with Gasteiger partial charge >= 0.3 is 6.18 Å². The van der Waals surface area contributed by atoms with Crippen LogP contribution in [-0.2, 0) is 11.2 Å². The topological polar surface area (TPSA) is 41.1 Å². The van der Waals surface area contributed by atoms with Crippen LogP contribution in [0.2, 0.25) is 0 Å². The summed E-state index contributed by atoms with van der Waals surface area (Å²) in [5.41, 5.74) is 2.52. The first-order chi connectivity index (χ1) is 8.96. The van der Waals surface area contributed by atoms with Gasteiger partial charge in [0.1, 0.15) is 0 Å². The van der Waals surface area contributed by atoms with Crippen LogP contribution in [-0.4, -0.2) is 18.6 Å². The molecule has 0 spiro atoms. The predicted molar refractivity (Wildman–Crippen MR) is 67.2 cm³/mol. The smallest absolute Gasteiger partial charge is 0.385 e. The molecule has 0 aliphatic carbocycles. The largest absolute Gasteiger partial charge is 0.389 e. The fourth-order valence-electron chi connectivity index (χ4n) is 2.10. The standard InChI is InChI=1S/C13H15F3N2O/c14-13(15,16)7-6-12(19)18-11-5-1-4-10-9(11)3-2-8-17-10/h1,4-5,17H,2-3,6-8H2,(H,18,19). The predicted octanol–water partition coefficient (Wildman–Crippen LogP) is 3.33.